The SMILES string of the molecule is CC/C=C\C/C=C\C/C=C\C/C=C\C/C=C\C/C=C\C/C=C\CCCC(=O)OCC(COC(=O)CCCCCCC/C=C\C/C=C\CCC)OC(=O)CCCCCCCCCC/C=C\C/C=C\C/C=C\C/C=C\CC. The maximum absolute atomic E-state index is 12.9. The third-order valence-electron chi connectivity index (χ3n) is 12.0. The summed E-state index contributed by atoms with van der Waals surface area (Å²) in [7, 11) is 0. The number of rotatable bonds is 52. The summed E-state index contributed by atoms with van der Waals surface area (Å²) in [6, 6.07) is 0. The van der Waals surface area contributed by atoms with Crippen LogP contribution in [0, 0.1) is 0 Å². The van der Waals surface area contributed by atoms with Gasteiger partial charge in [0, 0.05) is 19.3 Å². The highest BCUT2D eigenvalue weighted by Crippen LogP contribution is 2.14. The molecule has 0 bridgehead atoms. The molecule has 0 N–H and O–H groups in total. The highest BCUT2D eigenvalue weighted by molar-refractivity contribution is 5.71. The summed E-state index contributed by atoms with van der Waals surface area (Å²) in [5.74, 6) is -1.00. The standard InChI is InChI=1S/C69H108O6/c1-4-7-10-13-16-19-22-25-27-29-31-33-34-36-37-39-41-44-47-50-53-56-59-62-68(71)74-65-66(64-73-67(70)61-58-55-52-49-46-43-24-21-18-15-12-9-6-3)75-69(72)63-60-57-54-51-48-45-42-40-38-35-32-30-28-26-23-20-17-14-11-8-5-2/h7-8,10-12,15-17,19-21,24-28,31-33,35-37,41,44,50,53,66H,4-6,9,13-14,18,22-23,29-30,34,38-40,42-43,45-49,51-52,54-65H2,1-3H3/b10-7-,11-8-,15-12-,19-16-,20-17-,24-21-,27-25-,28-26-,33-31-,35-32-,37-36-,44-41-,53-50-. The topological polar surface area (TPSA) is 78.9 Å². The van der Waals surface area contributed by atoms with E-state index in [0.717, 1.165) is 154 Å². The van der Waals surface area contributed by atoms with Crippen molar-refractivity contribution in [2.24, 2.45) is 0 Å². The number of hydrogen-bond acceptors (Lipinski definition) is 6. The molecule has 0 aromatic heterocycles. The van der Waals surface area contributed by atoms with Crippen LogP contribution in [0.5, 0.6) is 0 Å². The van der Waals surface area contributed by atoms with Crippen LogP contribution in [-0.2, 0) is 28.6 Å². The minimum Gasteiger partial charge on any atom is -0.462 e. The van der Waals surface area contributed by atoms with Gasteiger partial charge < -0.3 is 14.2 Å². The van der Waals surface area contributed by atoms with Crippen molar-refractivity contribution < 1.29 is 28.6 Å². The van der Waals surface area contributed by atoms with Gasteiger partial charge in [-0.25, -0.2) is 0 Å². The first-order chi connectivity index (χ1) is 37.0. The van der Waals surface area contributed by atoms with Crippen molar-refractivity contribution in [3.05, 3.63) is 158 Å². The molecule has 0 radical (unpaired) electrons. The van der Waals surface area contributed by atoms with Gasteiger partial charge in [0.25, 0.3) is 0 Å². The van der Waals surface area contributed by atoms with Gasteiger partial charge in [-0.05, 0) is 135 Å². The molecule has 1 unspecified atom stereocenters. The van der Waals surface area contributed by atoms with Crippen LogP contribution >= 0.6 is 0 Å². The lowest BCUT2D eigenvalue weighted by Gasteiger charge is -2.18. The summed E-state index contributed by atoms with van der Waals surface area (Å²) in [6.45, 7) is 6.27. The van der Waals surface area contributed by atoms with E-state index in [1.165, 1.54) is 38.5 Å². The van der Waals surface area contributed by atoms with Gasteiger partial charge in [0.15, 0.2) is 6.10 Å². The zero-order valence-electron chi connectivity index (χ0n) is 48.0. The molecule has 0 aromatic rings. The molecule has 6 heteroatoms. The van der Waals surface area contributed by atoms with Crippen LogP contribution < -0.4 is 0 Å². The molecule has 1 atom stereocenters. The predicted octanol–water partition coefficient (Wildman–Crippen LogP) is 20.5. The van der Waals surface area contributed by atoms with Crippen LogP contribution in [0.4, 0.5) is 0 Å². The van der Waals surface area contributed by atoms with Gasteiger partial charge >= 0.3 is 17.9 Å². The second-order valence-electron chi connectivity index (χ2n) is 19.1. The number of esters is 3. The van der Waals surface area contributed by atoms with E-state index in [9.17, 15) is 14.4 Å². The Labute approximate surface area is 460 Å². The summed E-state index contributed by atoms with van der Waals surface area (Å²) in [5, 5.41) is 0. The molecular formula is C69H108O6. The maximum atomic E-state index is 12.9. The number of carbonyl (C=O) groups excluding carboxylic acids is 3. The van der Waals surface area contributed by atoms with Crippen molar-refractivity contribution in [1.82, 2.24) is 0 Å². The zero-order valence-corrected chi connectivity index (χ0v) is 48.0. The average molecular weight is 1030 g/mol. The Hall–Kier alpha value is -4.97. The van der Waals surface area contributed by atoms with Gasteiger partial charge in [-0.15, -0.1) is 0 Å². The van der Waals surface area contributed by atoms with Gasteiger partial charge in [-0.3, -0.25) is 14.4 Å². The van der Waals surface area contributed by atoms with Gasteiger partial charge in [0.2, 0.25) is 0 Å². The third-order valence-corrected chi connectivity index (χ3v) is 12.0. The van der Waals surface area contributed by atoms with Crippen LogP contribution in [-0.4, -0.2) is 37.2 Å². The molecule has 0 aromatic carbocycles. The lowest BCUT2D eigenvalue weighted by atomic mass is 10.1. The van der Waals surface area contributed by atoms with Crippen LogP contribution in [0.1, 0.15) is 239 Å². The maximum Gasteiger partial charge on any atom is 0.306 e. The molecule has 0 aliphatic carbocycles. The first-order valence-corrected chi connectivity index (χ1v) is 30.0. The minimum atomic E-state index is -0.821. The second kappa shape index (κ2) is 61.6. The molecule has 0 aliphatic rings. The van der Waals surface area contributed by atoms with E-state index in [1.807, 2.05) is 0 Å². The normalized spacial score (nSPS) is 13.3. The van der Waals surface area contributed by atoms with Gasteiger partial charge in [-0.1, -0.05) is 243 Å². The summed E-state index contributed by atoms with van der Waals surface area (Å²) in [6.07, 6.45) is 89.5. The number of allylic oxidation sites excluding steroid dienone is 26. The molecule has 420 valence electrons. The average Bonchev–Trinajstić information content (AvgIpc) is 3.41. The highest BCUT2D eigenvalue weighted by atomic mass is 16.6. The summed E-state index contributed by atoms with van der Waals surface area (Å²) >= 11 is 0. The smallest absolute Gasteiger partial charge is 0.306 e. The Morgan fingerprint density at radius 3 is 0.867 bits per heavy atom. The predicted molar refractivity (Wildman–Crippen MR) is 325 cm³/mol. The largest absolute Gasteiger partial charge is 0.462 e. The van der Waals surface area contributed by atoms with E-state index in [0.29, 0.717) is 19.3 Å². The lowest BCUT2D eigenvalue weighted by molar-refractivity contribution is -0.167. The molecule has 0 amide bonds. The summed E-state index contributed by atoms with van der Waals surface area (Å²) < 4.78 is 16.8. The van der Waals surface area contributed by atoms with E-state index in [-0.39, 0.29) is 37.5 Å². The fourth-order valence-corrected chi connectivity index (χ4v) is 7.58. The minimum absolute atomic E-state index is 0.114. The molecule has 75 heavy (non-hydrogen) atoms. The zero-order chi connectivity index (χ0) is 54.3. The van der Waals surface area contributed by atoms with Crippen molar-refractivity contribution in [2.75, 3.05) is 13.2 Å². The van der Waals surface area contributed by atoms with Crippen LogP contribution in [0.15, 0.2) is 158 Å². The molecule has 0 fully saturated rings. The molecule has 0 aliphatic heterocycles. The summed E-state index contributed by atoms with van der Waals surface area (Å²) in [4.78, 5) is 38.2. The molecule has 6 nitrogen and oxygen atoms in total. The fraction of sp³-hybridized carbons (Fsp3) is 0.580. The summed E-state index contributed by atoms with van der Waals surface area (Å²) in [5.41, 5.74) is 0. The first-order valence-electron chi connectivity index (χ1n) is 30.0. The van der Waals surface area contributed by atoms with Crippen molar-refractivity contribution in [3.8, 4) is 0 Å². The van der Waals surface area contributed by atoms with E-state index in [1.54, 1.807) is 0 Å². The Morgan fingerprint density at radius 1 is 0.280 bits per heavy atom. The Balaban J connectivity index is 4.51. The third kappa shape index (κ3) is 59.8. The Kier molecular flexibility index (Phi) is 57.5. The quantitative estimate of drug-likeness (QED) is 0.0261. The number of hydrogen-bond donors (Lipinski definition) is 0. The van der Waals surface area contributed by atoms with E-state index < -0.39 is 6.10 Å². The molecule has 0 spiro atoms. The van der Waals surface area contributed by atoms with Crippen molar-refractivity contribution in [1.29, 1.82) is 0 Å². The van der Waals surface area contributed by atoms with Gasteiger partial charge in [-0.2, -0.15) is 0 Å². The van der Waals surface area contributed by atoms with Crippen molar-refractivity contribution in [2.45, 2.75) is 245 Å². The monoisotopic (exact) mass is 1030 g/mol. The molecular weight excluding hydrogens is 925 g/mol. The first kappa shape index (κ1) is 70.0. The van der Waals surface area contributed by atoms with E-state index in [2.05, 4.69) is 179 Å². The number of unbranched alkanes of at least 4 members (excludes halogenated alkanes) is 15. The van der Waals surface area contributed by atoms with Crippen LogP contribution in [0.3, 0.4) is 0 Å². The number of carbonyl (C=O) groups is 3. The van der Waals surface area contributed by atoms with E-state index in [4.69, 9.17) is 14.2 Å². The highest BCUT2D eigenvalue weighted by Gasteiger charge is 2.19. The molecule has 0 heterocycles. The molecule has 0 saturated carbocycles. The molecule has 0 saturated heterocycles. The fourth-order valence-electron chi connectivity index (χ4n) is 7.58. The Bertz CT molecular complexity index is 1710. The van der Waals surface area contributed by atoms with Gasteiger partial charge in [0.05, 0.1) is 0 Å². The van der Waals surface area contributed by atoms with Crippen molar-refractivity contribution in [3.63, 3.8) is 0 Å². The second-order valence-corrected chi connectivity index (χ2v) is 19.1. The van der Waals surface area contributed by atoms with Gasteiger partial charge in [0.1, 0.15) is 13.2 Å². The van der Waals surface area contributed by atoms with Crippen LogP contribution in [0.25, 0.3) is 0 Å². The van der Waals surface area contributed by atoms with Crippen LogP contribution in [0.2, 0.25) is 0 Å². The lowest BCUT2D eigenvalue weighted by Crippen LogP contribution is -2.30. The van der Waals surface area contributed by atoms with Crippen molar-refractivity contribution >= 4 is 17.9 Å². The number of ether oxygens (including phenoxy) is 3. The molecule has 0 rings (SSSR count). The Morgan fingerprint density at radius 2 is 0.533 bits per heavy atom. The van der Waals surface area contributed by atoms with E-state index >= 15 is 0 Å².